The lowest BCUT2D eigenvalue weighted by Crippen LogP contribution is -2.45. The molecule has 1 aliphatic rings. The molecule has 0 heterocycles. The Balaban J connectivity index is 1.85. The van der Waals surface area contributed by atoms with Crippen molar-refractivity contribution in [3.8, 4) is 0 Å². The van der Waals surface area contributed by atoms with Gasteiger partial charge in [0.1, 0.15) is 0 Å². The molecule has 0 radical (unpaired) electrons. The number of rotatable bonds is 4. The SMILES string of the molecule is CC(CC(=O)NC1CCCCC1O)c1ccc(N)cc1. The molecule has 4 N–H and O–H groups in total. The highest BCUT2D eigenvalue weighted by atomic mass is 16.3. The fourth-order valence-corrected chi connectivity index (χ4v) is 2.77. The van der Waals surface area contributed by atoms with Crippen molar-refractivity contribution in [1.29, 1.82) is 0 Å². The summed E-state index contributed by atoms with van der Waals surface area (Å²) < 4.78 is 0. The fourth-order valence-electron chi connectivity index (χ4n) is 2.77. The third-order valence-corrected chi connectivity index (χ3v) is 4.07. The number of hydrogen-bond donors (Lipinski definition) is 3. The molecule has 1 saturated carbocycles. The van der Waals surface area contributed by atoms with Crippen LogP contribution in [0.5, 0.6) is 0 Å². The van der Waals surface area contributed by atoms with Gasteiger partial charge in [0.15, 0.2) is 0 Å². The molecule has 110 valence electrons. The van der Waals surface area contributed by atoms with Gasteiger partial charge in [0.25, 0.3) is 0 Å². The Kier molecular flexibility index (Phi) is 5.01. The molecule has 3 unspecified atom stereocenters. The monoisotopic (exact) mass is 276 g/mol. The van der Waals surface area contributed by atoms with Crippen molar-refractivity contribution in [1.82, 2.24) is 5.32 Å². The van der Waals surface area contributed by atoms with Gasteiger partial charge in [-0.2, -0.15) is 0 Å². The predicted octanol–water partition coefficient (Wildman–Crippen LogP) is 2.18. The van der Waals surface area contributed by atoms with Crippen molar-refractivity contribution in [2.24, 2.45) is 0 Å². The second kappa shape index (κ2) is 6.75. The van der Waals surface area contributed by atoms with Gasteiger partial charge < -0.3 is 16.2 Å². The molecule has 1 aromatic carbocycles. The number of carbonyl (C=O) groups is 1. The molecule has 1 fully saturated rings. The molecule has 20 heavy (non-hydrogen) atoms. The van der Waals surface area contributed by atoms with Crippen molar-refractivity contribution in [2.45, 2.75) is 57.1 Å². The topological polar surface area (TPSA) is 75.3 Å². The molecule has 0 aliphatic heterocycles. The van der Waals surface area contributed by atoms with E-state index in [-0.39, 0.29) is 24.0 Å². The van der Waals surface area contributed by atoms with Crippen molar-refractivity contribution < 1.29 is 9.90 Å². The summed E-state index contributed by atoms with van der Waals surface area (Å²) in [6.07, 6.45) is 3.85. The molecule has 0 aromatic heterocycles. The van der Waals surface area contributed by atoms with Gasteiger partial charge in [0.2, 0.25) is 5.91 Å². The molecule has 1 amide bonds. The lowest BCUT2D eigenvalue weighted by atomic mass is 9.92. The molecule has 0 spiro atoms. The largest absolute Gasteiger partial charge is 0.399 e. The summed E-state index contributed by atoms with van der Waals surface area (Å²) in [6.45, 7) is 2.03. The summed E-state index contributed by atoms with van der Waals surface area (Å²) in [5, 5.41) is 12.8. The second-order valence-corrected chi connectivity index (χ2v) is 5.80. The third kappa shape index (κ3) is 3.97. The van der Waals surface area contributed by atoms with Crippen LogP contribution in [-0.2, 0) is 4.79 Å². The minimum atomic E-state index is -0.389. The van der Waals surface area contributed by atoms with Gasteiger partial charge in [0, 0.05) is 12.1 Å². The highest BCUT2D eigenvalue weighted by Gasteiger charge is 2.24. The van der Waals surface area contributed by atoms with E-state index in [4.69, 9.17) is 5.73 Å². The van der Waals surface area contributed by atoms with Crippen molar-refractivity contribution in [3.63, 3.8) is 0 Å². The Morgan fingerprint density at radius 1 is 1.35 bits per heavy atom. The molecular weight excluding hydrogens is 252 g/mol. The van der Waals surface area contributed by atoms with Gasteiger partial charge in [-0.05, 0) is 36.5 Å². The number of nitrogens with one attached hydrogen (secondary N) is 1. The quantitative estimate of drug-likeness (QED) is 0.738. The number of carbonyl (C=O) groups excluding carboxylic acids is 1. The van der Waals surface area contributed by atoms with Crippen LogP contribution in [0.2, 0.25) is 0 Å². The Labute approximate surface area is 120 Å². The van der Waals surface area contributed by atoms with E-state index in [1.807, 2.05) is 31.2 Å². The number of hydrogen-bond acceptors (Lipinski definition) is 3. The highest BCUT2D eigenvalue weighted by Crippen LogP contribution is 2.22. The molecule has 1 aliphatic carbocycles. The Morgan fingerprint density at radius 3 is 2.65 bits per heavy atom. The first-order valence-corrected chi connectivity index (χ1v) is 7.39. The summed E-state index contributed by atoms with van der Waals surface area (Å²) in [6, 6.07) is 7.56. The zero-order chi connectivity index (χ0) is 14.5. The lowest BCUT2D eigenvalue weighted by Gasteiger charge is -2.28. The number of aliphatic hydroxyl groups excluding tert-OH is 1. The highest BCUT2D eigenvalue weighted by molar-refractivity contribution is 5.77. The van der Waals surface area contributed by atoms with E-state index in [0.29, 0.717) is 6.42 Å². The van der Waals surface area contributed by atoms with Crippen molar-refractivity contribution >= 4 is 11.6 Å². The Morgan fingerprint density at radius 2 is 2.00 bits per heavy atom. The van der Waals surface area contributed by atoms with E-state index in [2.05, 4.69) is 5.32 Å². The summed E-state index contributed by atoms with van der Waals surface area (Å²) in [7, 11) is 0. The molecule has 2 rings (SSSR count). The second-order valence-electron chi connectivity index (χ2n) is 5.80. The first kappa shape index (κ1) is 14.9. The molecule has 4 heteroatoms. The minimum Gasteiger partial charge on any atom is -0.399 e. The smallest absolute Gasteiger partial charge is 0.220 e. The standard InChI is InChI=1S/C16H24N2O2/c1-11(12-6-8-13(17)9-7-12)10-16(20)18-14-4-2-3-5-15(14)19/h6-9,11,14-15,19H,2-5,10,17H2,1H3,(H,18,20). The van der Waals surface area contributed by atoms with Gasteiger partial charge in [-0.3, -0.25) is 4.79 Å². The number of nitrogens with two attached hydrogens (primary N) is 1. The van der Waals surface area contributed by atoms with Gasteiger partial charge >= 0.3 is 0 Å². The lowest BCUT2D eigenvalue weighted by molar-refractivity contribution is -0.123. The van der Waals surface area contributed by atoms with E-state index in [1.54, 1.807) is 0 Å². The molecule has 4 nitrogen and oxygen atoms in total. The zero-order valence-corrected chi connectivity index (χ0v) is 12.0. The van der Waals surface area contributed by atoms with Crippen LogP contribution in [0.4, 0.5) is 5.69 Å². The van der Waals surface area contributed by atoms with E-state index in [1.165, 1.54) is 0 Å². The van der Waals surface area contributed by atoms with E-state index in [0.717, 1.165) is 36.9 Å². The van der Waals surface area contributed by atoms with Crippen LogP contribution in [0.25, 0.3) is 0 Å². The number of anilines is 1. The van der Waals surface area contributed by atoms with E-state index >= 15 is 0 Å². The summed E-state index contributed by atoms with van der Waals surface area (Å²) >= 11 is 0. The Bertz CT molecular complexity index is 444. The maximum Gasteiger partial charge on any atom is 0.220 e. The average Bonchev–Trinajstić information content (AvgIpc) is 2.42. The maximum atomic E-state index is 12.1. The predicted molar refractivity (Wildman–Crippen MR) is 80.3 cm³/mol. The van der Waals surface area contributed by atoms with Gasteiger partial charge in [-0.15, -0.1) is 0 Å². The molecular formula is C16H24N2O2. The molecule has 1 aromatic rings. The number of amides is 1. The third-order valence-electron chi connectivity index (χ3n) is 4.07. The van der Waals surface area contributed by atoms with Gasteiger partial charge in [-0.25, -0.2) is 0 Å². The number of nitrogen functional groups attached to an aromatic ring is 1. The van der Waals surface area contributed by atoms with Crippen LogP contribution in [0, 0.1) is 0 Å². The molecule has 3 atom stereocenters. The van der Waals surface area contributed by atoms with Crippen LogP contribution < -0.4 is 11.1 Å². The summed E-state index contributed by atoms with van der Waals surface area (Å²) in [5.74, 6) is 0.164. The van der Waals surface area contributed by atoms with Crippen LogP contribution in [0.3, 0.4) is 0 Å². The Hall–Kier alpha value is -1.55. The van der Waals surface area contributed by atoms with Crippen molar-refractivity contribution in [3.05, 3.63) is 29.8 Å². The first-order valence-electron chi connectivity index (χ1n) is 7.39. The van der Waals surface area contributed by atoms with E-state index < -0.39 is 0 Å². The van der Waals surface area contributed by atoms with Gasteiger partial charge in [0.05, 0.1) is 12.1 Å². The fraction of sp³-hybridized carbons (Fsp3) is 0.562. The van der Waals surface area contributed by atoms with Crippen LogP contribution in [0.15, 0.2) is 24.3 Å². The summed E-state index contributed by atoms with van der Waals surface area (Å²) in [5.41, 5.74) is 7.50. The molecule has 0 saturated heterocycles. The van der Waals surface area contributed by atoms with Crippen molar-refractivity contribution in [2.75, 3.05) is 5.73 Å². The molecule has 0 bridgehead atoms. The first-order chi connectivity index (χ1) is 9.56. The average molecular weight is 276 g/mol. The normalized spacial score (nSPS) is 24.1. The van der Waals surface area contributed by atoms with Crippen LogP contribution in [0.1, 0.15) is 50.5 Å². The minimum absolute atomic E-state index is 0.0141. The van der Waals surface area contributed by atoms with Gasteiger partial charge in [-0.1, -0.05) is 31.9 Å². The van der Waals surface area contributed by atoms with Crippen LogP contribution >= 0.6 is 0 Å². The number of aliphatic hydroxyl groups is 1. The zero-order valence-electron chi connectivity index (χ0n) is 12.0. The maximum absolute atomic E-state index is 12.1. The van der Waals surface area contributed by atoms with E-state index in [9.17, 15) is 9.90 Å². The number of benzene rings is 1. The van der Waals surface area contributed by atoms with Crippen LogP contribution in [-0.4, -0.2) is 23.2 Å². The summed E-state index contributed by atoms with van der Waals surface area (Å²) in [4.78, 5) is 12.1.